The van der Waals surface area contributed by atoms with Gasteiger partial charge in [0.2, 0.25) is 5.91 Å². The highest BCUT2D eigenvalue weighted by molar-refractivity contribution is 5.86. The molecule has 0 spiro atoms. The summed E-state index contributed by atoms with van der Waals surface area (Å²) in [6.45, 7) is -0.106. The first kappa shape index (κ1) is 19.3. The molecule has 1 atom stereocenters. The molecular weight excluding hydrogens is 342 g/mol. The molecule has 0 saturated heterocycles. The van der Waals surface area contributed by atoms with Gasteiger partial charge < -0.3 is 29.2 Å². The molecule has 140 valence electrons. The second kappa shape index (κ2) is 8.86. The number of rotatable bonds is 8. The molecule has 0 aliphatic rings. The Morgan fingerprint density at radius 3 is 2.69 bits per heavy atom. The number of benzene rings is 1. The van der Waals surface area contributed by atoms with E-state index in [-0.39, 0.29) is 24.7 Å². The minimum Gasteiger partial charge on any atom is -0.504 e. The molecule has 1 unspecified atom stereocenters. The van der Waals surface area contributed by atoms with Crippen molar-refractivity contribution in [3.8, 4) is 11.5 Å². The van der Waals surface area contributed by atoms with Crippen molar-refractivity contribution in [2.75, 3.05) is 20.8 Å². The van der Waals surface area contributed by atoms with E-state index in [0.717, 1.165) is 0 Å². The molecule has 0 radical (unpaired) electrons. The van der Waals surface area contributed by atoms with Crippen LogP contribution in [0.1, 0.15) is 17.4 Å². The minimum atomic E-state index is -1.08. The monoisotopic (exact) mass is 363 g/mol. The van der Waals surface area contributed by atoms with Gasteiger partial charge in [-0.1, -0.05) is 6.07 Å². The van der Waals surface area contributed by atoms with Crippen LogP contribution in [0.3, 0.4) is 0 Å². The van der Waals surface area contributed by atoms with Crippen molar-refractivity contribution in [3.05, 3.63) is 42.0 Å². The number of nitrogens with one attached hydrogen (secondary N) is 1. The number of hydrogen-bond acceptors (Lipinski definition) is 7. The molecule has 1 aromatic carbocycles. The third-order valence-electron chi connectivity index (χ3n) is 3.66. The Bertz CT molecular complexity index is 774. The molecule has 2 rings (SSSR count). The number of amides is 1. The molecule has 0 aliphatic carbocycles. The van der Waals surface area contributed by atoms with Crippen LogP contribution >= 0.6 is 0 Å². The average molecular weight is 363 g/mol. The Morgan fingerprint density at radius 2 is 2.12 bits per heavy atom. The lowest BCUT2D eigenvalue weighted by atomic mass is 10.1. The van der Waals surface area contributed by atoms with E-state index in [1.54, 1.807) is 23.0 Å². The SMILES string of the molecule is COC(=O)C(NC(=O)COCc1nccn1C)c1ccc(OC)c(O)c1. The summed E-state index contributed by atoms with van der Waals surface area (Å²) < 4.78 is 16.8. The summed E-state index contributed by atoms with van der Waals surface area (Å²) in [5.74, 6) is -0.416. The van der Waals surface area contributed by atoms with E-state index in [9.17, 15) is 14.7 Å². The quantitative estimate of drug-likeness (QED) is 0.663. The standard InChI is InChI=1S/C17H21N3O6/c1-20-7-6-18-14(20)9-26-10-15(22)19-16(17(23)25-3)11-4-5-13(24-2)12(21)8-11/h4-8,16,21H,9-10H2,1-3H3,(H,19,22). The van der Waals surface area contributed by atoms with E-state index in [1.165, 1.54) is 26.4 Å². The number of methoxy groups -OCH3 is 2. The fourth-order valence-electron chi connectivity index (χ4n) is 2.26. The number of ether oxygens (including phenoxy) is 3. The molecule has 1 aromatic heterocycles. The van der Waals surface area contributed by atoms with Crippen LogP contribution in [0, 0.1) is 0 Å². The first-order valence-electron chi connectivity index (χ1n) is 7.74. The summed E-state index contributed by atoms with van der Waals surface area (Å²) in [7, 11) is 4.44. The van der Waals surface area contributed by atoms with Crippen LogP contribution in [-0.4, -0.2) is 47.4 Å². The van der Waals surface area contributed by atoms with Crippen LogP contribution in [0.2, 0.25) is 0 Å². The summed E-state index contributed by atoms with van der Waals surface area (Å²) in [6, 6.07) is 3.29. The first-order valence-corrected chi connectivity index (χ1v) is 7.74. The fourth-order valence-corrected chi connectivity index (χ4v) is 2.26. The van der Waals surface area contributed by atoms with Gasteiger partial charge in [-0.15, -0.1) is 0 Å². The van der Waals surface area contributed by atoms with Crippen LogP contribution in [0.4, 0.5) is 0 Å². The Balaban J connectivity index is 2.00. The number of aromatic nitrogens is 2. The van der Waals surface area contributed by atoms with Crippen molar-refractivity contribution in [1.29, 1.82) is 0 Å². The molecule has 0 saturated carbocycles. The number of esters is 1. The maximum absolute atomic E-state index is 12.1. The smallest absolute Gasteiger partial charge is 0.333 e. The predicted octanol–water partition coefficient (Wildman–Crippen LogP) is 0.681. The number of phenolic OH excluding ortho intramolecular Hbond substituents is 1. The highest BCUT2D eigenvalue weighted by Crippen LogP contribution is 2.29. The number of hydrogen-bond donors (Lipinski definition) is 2. The Kier molecular flexibility index (Phi) is 6.56. The van der Waals surface area contributed by atoms with Gasteiger partial charge >= 0.3 is 5.97 Å². The summed E-state index contributed by atoms with van der Waals surface area (Å²) in [4.78, 5) is 28.2. The van der Waals surface area contributed by atoms with E-state index in [0.29, 0.717) is 11.4 Å². The van der Waals surface area contributed by atoms with E-state index >= 15 is 0 Å². The van der Waals surface area contributed by atoms with Crippen molar-refractivity contribution < 1.29 is 28.9 Å². The van der Waals surface area contributed by atoms with E-state index in [4.69, 9.17) is 14.2 Å². The van der Waals surface area contributed by atoms with Gasteiger partial charge in [-0.3, -0.25) is 4.79 Å². The third-order valence-corrected chi connectivity index (χ3v) is 3.66. The average Bonchev–Trinajstić information content (AvgIpc) is 3.04. The number of phenols is 1. The number of aromatic hydroxyl groups is 1. The first-order chi connectivity index (χ1) is 12.5. The van der Waals surface area contributed by atoms with Gasteiger partial charge in [-0.2, -0.15) is 0 Å². The van der Waals surface area contributed by atoms with E-state index in [2.05, 4.69) is 10.3 Å². The van der Waals surface area contributed by atoms with Gasteiger partial charge in [0.15, 0.2) is 17.5 Å². The Hall–Kier alpha value is -3.07. The van der Waals surface area contributed by atoms with Crippen molar-refractivity contribution in [1.82, 2.24) is 14.9 Å². The van der Waals surface area contributed by atoms with Crippen LogP contribution in [0.25, 0.3) is 0 Å². The molecule has 0 aliphatic heterocycles. The zero-order chi connectivity index (χ0) is 19.1. The topological polar surface area (TPSA) is 112 Å². The largest absolute Gasteiger partial charge is 0.504 e. The van der Waals surface area contributed by atoms with Crippen molar-refractivity contribution in [3.63, 3.8) is 0 Å². The lowest BCUT2D eigenvalue weighted by Crippen LogP contribution is -2.36. The molecule has 1 amide bonds. The summed E-state index contributed by atoms with van der Waals surface area (Å²) in [5.41, 5.74) is 0.354. The van der Waals surface area contributed by atoms with Crippen LogP contribution < -0.4 is 10.1 Å². The number of carbonyl (C=O) groups excluding carboxylic acids is 2. The van der Waals surface area contributed by atoms with Gasteiger partial charge in [0, 0.05) is 19.4 Å². The van der Waals surface area contributed by atoms with Crippen LogP contribution in [-0.2, 0) is 32.7 Å². The second-order valence-corrected chi connectivity index (χ2v) is 5.40. The van der Waals surface area contributed by atoms with Gasteiger partial charge in [0.25, 0.3) is 0 Å². The molecule has 0 fully saturated rings. The number of imidazole rings is 1. The summed E-state index contributed by atoms with van der Waals surface area (Å²) in [5, 5.41) is 12.4. The Morgan fingerprint density at radius 1 is 1.35 bits per heavy atom. The Labute approximate surface area is 150 Å². The molecular formula is C17H21N3O6. The molecule has 2 aromatic rings. The zero-order valence-electron chi connectivity index (χ0n) is 14.8. The highest BCUT2D eigenvalue weighted by atomic mass is 16.5. The van der Waals surface area contributed by atoms with Gasteiger partial charge in [0.05, 0.1) is 14.2 Å². The van der Waals surface area contributed by atoms with Crippen LogP contribution in [0.5, 0.6) is 11.5 Å². The predicted molar refractivity (Wildman–Crippen MR) is 90.4 cm³/mol. The normalized spacial score (nSPS) is 11.7. The van der Waals surface area contributed by atoms with Crippen molar-refractivity contribution >= 4 is 11.9 Å². The number of carbonyl (C=O) groups is 2. The summed E-state index contributed by atoms with van der Waals surface area (Å²) in [6.07, 6.45) is 3.39. The molecule has 26 heavy (non-hydrogen) atoms. The molecule has 0 bridgehead atoms. The summed E-state index contributed by atoms with van der Waals surface area (Å²) >= 11 is 0. The van der Waals surface area contributed by atoms with E-state index < -0.39 is 17.9 Å². The maximum atomic E-state index is 12.1. The zero-order valence-corrected chi connectivity index (χ0v) is 14.8. The molecule has 9 heteroatoms. The van der Waals surface area contributed by atoms with Gasteiger partial charge in [-0.25, -0.2) is 9.78 Å². The third kappa shape index (κ3) is 4.73. The maximum Gasteiger partial charge on any atom is 0.333 e. The van der Waals surface area contributed by atoms with E-state index in [1.807, 2.05) is 7.05 Å². The molecule has 1 heterocycles. The minimum absolute atomic E-state index is 0.154. The van der Waals surface area contributed by atoms with Crippen molar-refractivity contribution in [2.24, 2.45) is 7.05 Å². The van der Waals surface area contributed by atoms with Crippen molar-refractivity contribution in [2.45, 2.75) is 12.6 Å². The molecule has 2 N–H and O–H groups in total. The number of nitrogens with zero attached hydrogens (tertiary/aromatic N) is 2. The second-order valence-electron chi connectivity index (χ2n) is 5.40. The lowest BCUT2D eigenvalue weighted by Gasteiger charge is -2.17. The fraction of sp³-hybridized carbons (Fsp3) is 0.353. The highest BCUT2D eigenvalue weighted by Gasteiger charge is 2.24. The van der Waals surface area contributed by atoms with Crippen LogP contribution in [0.15, 0.2) is 30.6 Å². The lowest BCUT2D eigenvalue weighted by molar-refractivity contribution is -0.146. The van der Waals surface area contributed by atoms with Gasteiger partial charge in [-0.05, 0) is 17.7 Å². The molecule has 9 nitrogen and oxygen atoms in total. The number of aryl methyl sites for hydroxylation is 1. The van der Waals surface area contributed by atoms with Gasteiger partial charge in [0.1, 0.15) is 19.0 Å².